The molecule has 16 heavy (non-hydrogen) atoms. The Bertz CT molecular complexity index is 421. The summed E-state index contributed by atoms with van der Waals surface area (Å²) in [4.78, 5) is 0. The Morgan fingerprint density at radius 1 is 1.25 bits per heavy atom. The van der Waals surface area contributed by atoms with Crippen LogP contribution >= 0.6 is 34.8 Å². The summed E-state index contributed by atoms with van der Waals surface area (Å²) in [5.41, 5.74) is 2.77. The van der Waals surface area contributed by atoms with E-state index in [1.54, 1.807) is 0 Å². The lowest BCUT2D eigenvalue weighted by Gasteiger charge is -2.21. The molecular weight excluding hydrogens is 264 g/mol. The Kier molecular flexibility index (Phi) is 2.95. The number of nitrogens with one attached hydrogen (secondary N) is 1. The second kappa shape index (κ2) is 3.78. The van der Waals surface area contributed by atoms with E-state index in [1.807, 2.05) is 12.1 Å². The summed E-state index contributed by atoms with van der Waals surface area (Å²) in [7, 11) is 0. The van der Waals surface area contributed by atoms with Gasteiger partial charge in [0, 0.05) is 5.56 Å². The molecule has 0 saturated carbocycles. The highest BCUT2D eigenvalue weighted by Gasteiger charge is 2.40. The monoisotopic (exact) mass is 277 g/mol. The van der Waals surface area contributed by atoms with Gasteiger partial charge in [-0.1, -0.05) is 62.2 Å². The zero-order valence-corrected chi connectivity index (χ0v) is 11.7. The first-order valence-corrected chi connectivity index (χ1v) is 6.35. The molecule has 0 spiro atoms. The number of alkyl halides is 3. The number of halogens is 3. The van der Waals surface area contributed by atoms with Gasteiger partial charge < -0.3 is 0 Å². The van der Waals surface area contributed by atoms with E-state index in [9.17, 15) is 0 Å². The number of hydrogen-bond acceptors (Lipinski definition) is 1. The van der Waals surface area contributed by atoms with Crippen LogP contribution in [-0.2, 0) is 9.87 Å². The predicted octanol–water partition coefficient (Wildman–Crippen LogP) is 4.41. The normalized spacial score (nSPS) is 23.2. The van der Waals surface area contributed by atoms with E-state index in [1.165, 1.54) is 5.56 Å². The topological polar surface area (TPSA) is 12.0 Å². The Labute approximate surface area is 111 Å². The Morgan fingerprint density at radius 3 is 2.44 bits per heavy atom. The van der Waals surface area contributed by atoms with Gasteiger partial charge in [0.15, 0.2) is 4.46 Å². The molecule has 1 aromatic rings. The molecule has 2 rings (SSSR count). The Balaban J connectivity index is 2.55. The summed E-state index contributed by atoms with van der Waals surface area (Å²) in [5.74, 6) is 0. The molecule has 4 heteroatoms. The van der Waals surface area contributed by atoms with Gasteiger partial charge in [-0.3, -0.25) is 5.32 Å². The molecule has 0 saturated heterocycles. The zero-order chi connectivity index (χ0) is 12.1. The van der Waals surface area contributed by atoms with Gasteiger partial charge >= 0.3 is 0 Å². The maximum absolute atomic E-state index is 6.18. The minimum absolute atomic E-state index is 0.0727. The van der Waals surface area contributed by atoms with Crippen molar-refractivity contribution in [3.63, 3.8) is 0 Å². The number of benzene rings is 1. The third-order valence-electron chi connectivity index (χ3n) is 2.84. The SMILES string of the molecule is CC(C)(C)c1ccc2c(c1)C(Cl)(Cl)NC2Cl. The van der Waals surface area contributed by atoms with E-state index in [0.29, 0.717) is 0 Å². The van der Waals surface area contributed by atoms with E-state index in [2.05, 4.69) is 32.2 Å². The van der Waals surface area contributed by atoms with Crippen LogP contribution in [0.5, 0.6) is 0 Å². The summed E-state index contributed by atoms with van der Waals surface area (Å²) in [6, 6.07) is 6.10. The Morgan fingerprint density at radius 2 is 1.88 bits per heavy atom. The first-order valence-electron chi connectivity index (χ1n) is 5.16. The Hall–Kier alpha value is 0.0500. The molecule has 88 valence electrons. The van der Waals surface area contributed by atoms with Gasteiger partial charge in [-0.2, -0.15) is 0 Å². The molecule has 1 nitrogen and oxygen atoms in total. The lowest BCUT2D eigenvalue weighted by molar-refractivity contribution is 0.588. The maximum atomic E-state index is 6.18. The smallest absolute Gasteiger partial charge is 0.196 e. The summed E-state index contributed by atoms with van der Waals surface area (Å²) < 4.78 is -1.08. The van der Waals surface area contributed by atoms with Crippen LogP contribution in [0.2, 0.25) is 0 Å². The summed E-state index contributed by atoms with van der Waals surface area (Å²) in [6.45, 7) is 6.46. The van der Waals surface area contributed by atoms with Crippen molar-refractivity contribution >= 4 is 34.8 Å². The van der Waals surface area contributed by atoms with Crippen LogP contribution in [0, 0.1) is 0 Å². The molecule has 1 N–H and O–H groups in total. The summed E-state index contributed by atoms with van der Waals surface area (Å²) in [5, 5.41) is 2.93. The largest absolute Gasteiger partial charge is 0.262 e. The summed E-state index contributed by atoms with van der Waals surface area (Å²) >= 11 is 18.5. The third kappa shape index (κ3) is 2.06. The second-order valence-electron chi connectivity index (χ2n) is 5.13. The third-order valence-corrected chi connectivity index (χ3v) is 3.81. The lowest BCUT2D eigenvalue weighted by Crippen LogP contribution is -2.24. The molecule has 0 aliphatic carbocycles. The van der Waals surface area contributed by atoms with Crippen LogP contribution in [-0.4, -0.2) is 0 Å². The van der Waals surface area contributed by atoms with E-state index in [-0.39, 0.29) is 10.9 Å². The van der Waals surface area contributed by atoms with Crippen LogP contribution in [0.25, 0.3) is 0 Å². The van der Waals surface area contributed by atoms with Crippen molar-refractivity contribution < 1.29 is 0 Å². The minimum atomic E-state index is -1.08. The van der Waals surface area contributed by atoms with Gasteiger partial charge in [0.25, 0.3) is 0 Å². The van der Waals surface area contributed by atoms with Crippen LogP contribution < -0.4 is 5.32 Å². The van der Waals surface area contributed by atoms with E-state index in [4.69, 9.17) is 34.8 Å². The fraction of sp³-hybridized carbons (Fsp3) is 0.500. The standard InChI is InChI=1S/C12H14Cl3N/c1-11(2,3)7-4-5-8-9(6-7)12(14,15)16-10(8)13/h4-6,10,16H,1-3H3. The molecule has 1 atom stereocenters. The molecule has 0 amide bonds. The van der Waals surface area contributed by atoms with E-state index >= 15 is 0 Å². The molecule has 1 heterocycles. The number of fused-ring (bicyclic) bond motifs is 1. The van der Waals surface area contributed by atoms with Gasteiger partial charge in [-0.05, 0) is 16.5 Å². The van der Waals surface area contributed by atoms with Crippen molar-refractivity contribution in [2.75, 3.05) is 0 Å². The molecule has 1 aliphatic heterocycles. The lowest BCUT2D eigenvalue weighted by atomic mass is 9.85. The number of hydrogen-bond donors (Lipinski definition) is 1. The highest BCUT2D eigenvalue weighted by Crippen LogP contribution is 2.46. The van der Waals surface area contributed by atoms with Crippen molar-refractivity contribution in [1.82, 2.24) is 5.32 Å². The van der Waals surface area contributed by atoms with Crippen molar-refractivity contribution in [3.8, 4) is 0 Å². The predicted molar refractivity (Wildman–Crippen MR) is 70.3 cm³/mol. The molecule has 0 aromatic heterocycles. The average Bonchev–Trinajstić information content (AvgIpc) is 2.36. The van der Waals surface area contributed by atoms with E-state index in [0.717, 1.165) is 11.1 Å². The fourth-order valence-electron chi connectivity index (χ4n) is 1.83. The molecule has 0 bridgehead atoms. The molecule has 1 aromatic carbocycles. The van der Waals surface area contributed by atoms with Crippen LogP contribution in [0.15, 0.2) is 18.2 Å². The second-order valence-corrected chi connectivity index (χ2v) is 6.90. The molecule has 0 radical (unpaired) electrons. The van der Waals surface area contributed by atoms with Crippen LogP contribution in [0.3, 0.4) is 0 Å². The first-order chi connectivity index (χ1) is 7.22. The molecule has 0 fully saturated rings. The van der Waals surface area contributed by atoms with Crippen LogP contribution in [0.4, 0.5) is 0 Å². The van der Waals surface area contributed by atoms with Crippen molar-refractivity contribution in [2.24, 2.45) is 0 Å². The summed E-state index contributed by atoms with van der Waals surface area (Å²) in [6.07, 6.45) is 0. The maximum Gasteiger partial charge on any atom is 0.196 e. The quantitative estimate of drug-likeness (QED) is 0.547. The molecular formula is C12H14Cl3N. The highest BCUT2D eigenvalue weighted by atomic mass is 35.5. The van der Waals surface area contributed by atoms with Crippen LogP contribution in [0.1, 0.15) is 43.0 Å². The highest BCUT2D eigenvalue weighted by molar-refractivity contribution is 6.48. The first kappa shape index (κ1) is 12.5. The van der Waals surface area contributed by atoms with Gasteiger partial charge in [0.2, 0.25) is 0 Å². The van der Waals surface area contributed by atoms with E-state index < -0.39 is 4.46 Å². The average molecular weight is 279 g/mol. The van der Waals surface area contributed by atoms with Crippen molar-refractivity contribution in [2.45, 2.75) is 36.1 Å². The number of rotatable bonds is 0. The van der Waals surface area contributed by atoms with Crippen molar-refractivity contribution in [3.05, 3.63) is 34.9 Å². The zero-order valence-electron chi connectivity index (χ0n) is 9.44. The van der Waals surface area contributed by atoms with Gasteiger partial charge in [0.1, 0.15) is 5.50 Å². The molecule has 1 unspecified atom stereocenters. The minimum Gasteiger partial charge on any atom is -0.262 e. The van der Waals surface area contributed by atoms with Gasteiger partial charge in [-0.25, -0.2) is 0 Å². The van der Waals surface area contributed by atoms with Gasteiger partial charge in [0.05, 0.1) is 0 Å². The van der Waals surface area contributed by atoms with Gasteiger partial charge in [-0.15, -0.1) is 11.6 Å². The molecule has 1 aliphatic rings. The fourth-order valence-corrected chi connectivity index (χ4v) is 2.84. The van der Waals surface area contributed by atoms with Crippen molar-refractivity contribution in [1.29, 1.82) is 0 Å².